The van der Waals surface area contributed by atoms with Crippen molar-refractivity contribution in [3.63, 3.8) is 0 Å². The second-order valence-electron chi connectivity index (χ2n) is 37.8. The Morgan fingerprint density at radius 2 is 0.287 bits per heavy atom. The smallest absolute Gasteiger partial charge is 0.137 e. The summed E-state index contributed by atoms with van der Waals surface area (Å²) < 4.78 is 19.0. The Kier molecular flexibility index (Phi) is 25.2. The number of furan rings is 3. The predicted molar refractivity (Wildman–Crippen MR) is 630 cm³/mol. The van der Waals surface area contributed by atoms with Gasteiger partial charge in [-0.1, -0.05) is 443 Å². The summed E-state index contributed by atoms with van der Waals surface area (Å²) >= 11 is 0. The van der Waals surface area contributed by atoms with Crippen molar-refractivity contribution in [3.05, 3.63) is 601 Å². The van der Waals surface area contributed by atoms with E-state index in [9.17, 15) is 0 Å². The number of rotatable bonds is 21. The number of benzene rings is 24. The molecule has 0 saturated carbocycles. The maximum Gasteiger partial charge on any atom is 0.137 e. The lowest BCUT2D eigenvalue weighted by Crippen LogP contribution is -2.11. The van der Waals surface area contributed by atoms with Gasteiger partial charge in [-0.15, -0.1) is 0 Å². The van der Waals surface area contributed by atoms with E-state index in [0.29, 0.717) is 0 Å². The van der Waals surface area contributed by atoms with Gasteiger partial charge in [-0.3, -0.25) is 0 Å². The lowest BCUT2D eigenvalue weighted by molar-refractivity contribution is 0.668. The molecule has 708 valence electrons. The van der Waals surface area contributed by atoms with Crippen LogP contribution < -0.4 is 14.7 Å². The highest BCUT2D eigenvalue weighted by molar-refractivity contribution is 6.09. The standard InChI is InChI=1S/3C48H33NO/c1-3-12-34(13-4-1)35-22-24-36(25-23-35)39-16-11-17-40(32-39)37-26-28-41(29-27-37)49(46-20-9-7-18-43(46)38-14-5-2-6-15-38)42-30-31-45-44-19-8-10-21-47(44)50-48(45)33-42;1-3-12-34(13-4-1)37-16-9-18-39(30-37)40-19-10-17-38(31-40)36-24-26-42(27-25-36)49(43-21-11-20-41(32-43)35-14-5-2-6-15-35)44-28-29-46-45-22-7-8-23-47(45)50-48(46)33-44;1-3-11-34(12-4-1)36-21-23-37(24-22-36)38-25-27-39(28-26-38)41-16-10-18-43(32-41)49(42-17-9-15-40(31-42)35-13-5-2-6-14-35)44-29-30-46-45-19-7-8-20-47(45)50-48(46)33-44/h3*1-33H. The van der Waals surface area contributed by atoms with Gasteiger partial charge in [-0.05, 0) is 267 Å². The zero-order chi connectivity index (χ0) is 99.8. The number of fused-ring (bicyclic) bond motifs is 9. The number of hydrogen-bond donors (Lipinski definition) is 0. The van der Waals surface area contributed by atoms with E-state index in [-0.39, 0.29) is 0 Å². The van der Waals surface area contributed by atoms with Crippen LogP contribution in [0.5, 0.6) is 0 Å². The second-order valence-corrected chi connectivity index (χ2v) is 37.8. The van der Waals surface area contributed by atoms with Crippen LogP contribution in [0.3, 0.4) is 0 Å². The lowest BCUT2D eigenvalue weighted by Gasteiger charge is -2.28. The molecule has 0 unspecified atom stereocenters. The molecule has 6 heteroatoms. The molecule has 27 aromatic rings. The third kappa shape index (κ3) is 19.1. The first-order chi connectivity index (χ1) is 74.3. The SMILES string of the molecule is c1ccc(-c2ccc(-c3ccc(-c4cccc(N(c5cccc(-c6ccccc6)c5)c5ccc6c(c5)oc5ccccc56)c4)cc3)cc2)cc1.c1ccc(-c2ccc(-c3cccc(-c4ccc(N(c5ccc6c(c5)oc5ccccc56)c5ccccc5-c5ccccc5)cc4)c3)cc2)cc1.c1ccc(-c2cccc(-c3cccc(-c4ccc(N(c5cccc(-c6ccccc6)c5)c5ccc6c(c5)oc5ccccc56)cc4)c3)c2)cc1. The van der Waals surface area contributed by atoms with Crippen LogP contribution in [0.1, 0.15) is 0 Å². The molecule has 3 heterocycles. The summed E-state index contributed by atoms with van der Waals surface area (Å²) in [5.41, 5.74) is 43.5. The summed E-state index contributed by atoms with van der Waals surface area (Å²) in [7, 11) is 0. The largest absolute Gasteiger partial charge is 0.456 e. The van der Waals surface area contributed by atoms with Gasteiger partial charge in [-0.25, -0.2) is 0 Å². The molecule has 0 spiro atoms. The molecule has 0 N–H and O–H groups in total. The van der Waals surface area contributed by atoms with E-state index in [2.05, 4.69) is 579 Å². The Bertz CT molecular complexity index is 9460. The molecule has 0 aliphatic carbocycles. The first-order valence-corrected chi connectivity index (χ1v) is 51.0. The number of para-hydroxylation sites is 4. The zero-order valence-corrected chi connectivity index (χ0v) is 82.2. The van der Waals surface area contributed by atoms with E-state index in [1.54, 1.807) is 0 Å². The maximum atomic E-state index is 6.36. The predicted octanol–water partition coefficient (Wildman–Crippen LogP) is 41.2. The fourth-order valence-corrected chi connectivity index (χ4v) is 20.8. The van der Waals surface area contributed by atoms with Crippen LogP contribution in [0.2, 0.25) is 0 Å². The fourth-order valence-electron chi connectivity index (χ4n) is 20.8. The molecule has 27 rings (SSSR count). The quantitative estimate of drug-likeness (QED) is 0.0715. The van der Waals surface area contributed by atoms with E-state index < -0.39 is 0 Å². The molecule has 3 aromatic heterocycles. The van der Waals surface area contributed by atoms with Crippen LogP contribution in [0, 0.1) is 0 Å². The third-order valence-corrected chi connectivity index (χ3v) is 28.4. The van der Waals surface area contributed by atoms with Gasteiger partial charge < -0.3 is 28.0 Å². The van der Waals surface area contributed by atoms with Crippen molar-refractivity contribution in [2.45, 2.75) is 0 Å². The highest BCUT2D eigenvalue weighted by atomic mass is 16.3. The molecule has 0 aliphatic heterocycles. The van der Waals surface area contributed by atoms with Gasteiger partial charge >= 0.3 is 0 Å². The van der Waals surface area contributed by atoms with Crippen molar-refractivity contribution in [2.75, 3.05) is 14.7 Å². The minimum Gasteiger partial charge on any atom is -0.456 e. The number of hydrogen-bond acceptors (Lipinski definition) is 6. The molecule has 24 aromatic carbocycles. The average molecular weight is 1920 g/mol. The molecule has 0 atom stereocenters. The van der Waals surface area contributed by atoms with E-state index in [0.717, 1.165) is 128 Å². The van der Waals surface area contributed by atoms with Gasteiger partial charge in [0.1, 0.15) is 33.5 Å². The van der Waals surface area contributed by atoms with Crippen molar-refractivity contribution in [1.82, 2.24) is 0 Å². The molecule has 150 heavy (non-hydrogen) atoms. The summed E-state index contributed by atoms with van der Waals surface area (Å²) in [5, 5.41) is 6.74. The molecule has 0 radical (unpaired) electrons. The van der Waals surface area contributed by atoms with E-state index >= 15 is 0 Å². The van der Waals surface area contributed by atoms with Crippen molar-refractivity contribution >= 4 is 117 Å². The second kappa shape index (κ2) is 41.4. The topological polar surface area (TPSA) is 49.1 Å². The third-order valence-electron chi connectivity index (χ3n) is 28.4. The normalized spacial score (nSPS) is 11.2. The van der Waals surface area contributed by atoms with Crippen LogP contribution in [-0.2, 0) is 0 Å². The summed E-state index contributed by atoms with van der Waals surface area (Å²) in [4.78, 5) is 6.98. The highest BCUT2D eigenvalue weighted by Gasteiger charge is 2.24. The van der Waals surface area contributed by atoms with Crippen molar-refractivity contribution in [2.24, 2.45) is 0 Å². The van der Waals surface area contributed by atoms with Gasteiger partial charge in [0.05, 0.1) is 5.69 Å². The highest BCUT2D eigenvalue weighted by Crippen LogP contribution is 2.48. The number of nitrogens with zero attached hydrogens (tertiary/aromatic N) is 3. The molecule has 0 fully saturated rings. The van der Waals surface area contributed by atoms with Crippen LogP contribution in [0.4, 0.5) is 51.2 Å². The molecule has 0 saturated heterocycles. The van der Waals surface area contributed by atoms with E-state index in [4.69, 9.17) is 13.3 Å². The zero-order valence-electron chi connectivity index (χ0n) is 82.2. The first kappa shape index (κ1) is 91.3. The molecule has 6 nitrogen and oxygen atoms in total. The van der Waals surface area contributed by atoms with Crippen LogP contribution in [-0.4, -0.2) is 0 Å². The van der Waals surface area contributed by atoms with Crippen LogP contribution in [0.15, 0.2) is 614 Å². The first-order valence-electron chi connectivity index (χ1n) is 51.0. The summed E-state index contributed by atoms with van der Waals surface area (Å²) in [6.07, 6.45) is 0. The maximum absolute atomic E-state index is 6.36. The Morgan fingerprint density at radius 1 is 0.100 bits per heavy atom. The summed E-state index contributed by atoms with van der Waals surface area (Å²) in [5.74, 6) is 0. The summed E-state index contributed by atoms with van der Waals surface area (Å²) in [6, 6.07) is 213. The van der Waals surface area contributed by atoms with E-state index in [1.807, 2.05) is 36.4 Å². The molecular formula is C144H99N3O3. The Labute approximate surface area is 872 Å². The summed E-state index contributed by atoms with van der Waals surface area (Å²) in [6.45, 7) is 0. The Morgan fingerprint density at radius 3 is 0.600 bits per heavy atom. The molecule has 0 bridgehead atoms. The monoisotopic (exact) mass is 1920 g/mol. The van der Waals surface area contributed by atoms with Gasteiger partial charge in [0.2, 0.25) is 0 Å². The van der Waals surface area contributed by atoms with Crippen LogP contribution >= 0.6 is 0 Å². The van der Waals surface area contributed by atoms with Gasteiger partial charge in [-0.2, -0.15) is 0 Å². The molecule has 0 aliphatic rings. The van der Waals surface area contributed by atoms with Crippen molar-refractivity contribution in [1.29, 1.82) is 0 Å². The van der Waals surface area contributed by atoms with E-state index in [1.165, 1.54) is 122 Å². The van der Waals surface area contributed by atoms with Crippen molar-refractivity contribution in [3.8, 4) is 134 Å². The van der Waals surface area contributed by atoms with Gasteiger partial charge in [0.25, 0.3) is 0 Å². The molecule has 0 amide bonds. The average Bonchev–Trinajstić information content (AvgIpc) is 1.62. The number of anilines is 9. The minimum atomic E-state index is 0.871. The Balaban J connectivity index is 0.000000116. The van der Waals surface area contributed by atoms with Crippen LogP contribution in [0.25, 0.3) is 199 Å². The minimum absolute atomic E-state index is 0.871. The van der Waals surface area contributed by atoms with Crippen molar-refractivity contribution < 1.29 is 13.3 Å². The van der Waals surface area contributed by atoms with Gasteiger partial charge in [0, 0.05) is 102 Å². The fraction of sp³-hybridized carbons (Fsp3) is 0. The lowest BCUT2D eigenvalue weighted by atomic mass is 9.96. The Hall–Kier alpha value is -19.9. The molecular weight excluding hydrogens is 1820 g/mol. The van der Waals surface area contributed by atoms with Gasteiger partial charge in [0.15, 0.2) is 0 Å².